The van der Waals surface area contributed by atoms with E-state index in [9.17, 15) is 8.42 Å². The van der Waals surface area contributed by atoms with Crippen molar-refractivity contribution in [2.24, 2.45) is 0 Å². The second-order valence-corrected chi connectivity index (χ2v) is 11.8. The number of ether oxygens (including phenoxy) is 1. The molecule has 0 spiro atoms. The molecule has 2 aromatic carbocycles. The minimum atomic E-state index is -3.51. The molecule has 1 atom stereocenters. The molecule has 2 aliphatic heterocycles. The van der Waals surface area contributed by atoms with E-state index in [0.29, 0.717) is 44.3 Å². The van der Waals surface area contributed by atoms with Crippen LogP contribution in [-0.4, -0.2) is 80.1 Å². The van der Waals surface area contributed by atoms with Crippen LogP contribution in [0.2, 0.25) is 0 Å². The standard InChI is InChI=1S/C28H37N5O3S/c1-3-4-7-23-10-12-24(13-11-23)37(34,35)33-16-14-31(15-17-33)22(2)27-29-26-9-6-5-8-25(26)28(30-27)32-18-20-36-21-19-32/h5-6,8-13,22H,3-4,7,14-21H2,1-2H3. The lowest BCUT2D eigenvalue weighted by molar-refractivity contribution is 0.122. The van der Waals surface area contributed by atoms with Gasteiger partial charge in [0, 0.05) is 44.7 Å². The summed E-state index contributed by atoms with van der Waals surface area (Å²) in [5.41, 5.74) is 2.12. The summed E-state index contributed by atoms with van der Waals surface area (Å²) in [6.45, 7) is 9.47. The largest absolute Gasteiger partial charge is 0.378 e. The Morgan fingerprint density at radius 3 is 2.32 bits per heavy atom. The Morgan fingerprint density at radius 2 is 1.62 bits per heavy atom. The summed E-state index contributed by atoms with van der Waals surface area (Å²) in [4.78, 5) is 14.9. The summed E-state index contributed by atoms with van der Waals surface area (Å²) in [5, 5.41) is 1.05. The summed E-state index contributed by atoms with van der Waals surface area (Å²) in [5.74, 6) is 1.73. The second-order valence-electron chi connectivity index (χ2n) is 9.89. The molecule has 5 rings (SSSR count). The molecule has 198 valence electrons. The number of fused-ring (bicyclic) bond motifs is 1. The molecular weight excluding hydrogens is 486 g/mol. The van der Waals surface area contributed by atoms with E-state index < -0.39 is 10.0 Å². The zero-order chi connectivity index (χ0) is 25.8. The lowest BCUT2D eigenvalue weighted by Gasteiger charge is -2.37. The molecule has 0 radical (unpaired) electrons. The van der Waals surface area contributed by atoms with Crippen LogP contribution in [0.3, 0.4) is 0 Å². The molecular formula is C28H37N5O3S. The molecule has 37 heavy (non-hydrogen) atoms. The van der Waals surface area contributed by atoms with E-state index in [0.717, 1.165) is 54.9 Å². The van der Waals surface area contributed by atoms with Crippen molar-refractivity contribution >= 4 is 26.7 Å². The molecule has 3 aromatic rings. The number of para-hydroxylation sites is 1. The van der Waals surface area contributed by atoms with Crippen LogP contribution in [-0.2, 0) is 21.2 Å². The number of rotatable bonds is 8. The summed E-state index contributed by atoms with van der Waals surface area (Å²) in [6.07, 6.45) is 3.22. The zero-order valence-corrected chi connectivity index (χ0v) is 22.7. The summed E-state index contributed by atoms with van der Waals surface area (Å²) >= 11 is 0. The number of hydrogen-bond donors (Lipinski definition) is 0. The van der Waals surface area contributed by atoms with E-state index >= 15 is 0 Å². The van der Waals surface area contributed by atoms with Gasteiger partial charge in [-0.1, -0.05) is 37.6 Å². The first-order valence-corrected chi connectivity index (χ1v) is 14.8. The van der Waals surface area contributed by atoms with Crippen molar-refractivity contribution in [3.8, 4) is 0 Å². The van der Waals surface area contributed by atoms with Crippen molar-refractivity contribution < 1.29 is 13.2 Å². The highest BCUT2D eigenvalue weighted by Gasteiger charge is 2.31. The highest BCUT2D eigenvalue weighted by atomic mass is 32.2. The summed E-state index contributed by atoms with van der Waals surface area (Å²) in [7, 11) is -3.51. The highest BCUT2D eigenvalue weighted by molar-refractivity contribution is 7.89. The Labute approximate surface area is 220 Å². The van der Waals surface area contributed by atoms with E-state index in [4.69, 9.17) is 14.7 Å². The van der Waals surface area contributed by atoms with Crippen LogP contribution in [0.25, 0.3) is 10.9 Å². The number of nitrogens with zero attached hydrogens (tertiary/aromatic N) is 5. The lowest BCUT2D eigenvalue weighted by atomic mass is 10.1. The Kier molecular flexibility index (Phi) is 8.04. The van der Waals surface area contributed by atoms with E-state index in [-0.39, 0.29) is 6.04 Å². The Hall–Kier alpha value is -2.59. The molecule has 2 saturated heterocycles. The van der Waals surface area contributed by atoms with E-state index in [1.807, 2.05) is 30.3 Å². The van der Waals surface area contributed by atoms with Gasteiger partial charge in [-0.05, 0) is 49.6 Å². The molecule has 3 heterocycles. The first-order valence-electron chi connectivity index (χ1n) is 13.4. The molecule has 1 aromatic heterocycles. The van der Waals surface area contributed by atoms with Crippen LogP contribution < -0.4 is 4.90 Å². The Morgan fingerprint density at radius 1 is 0.919 bits per heavy atom. The number of sulfonamides is 1. The predicted octanol–water partition coefficient (Wildman–Crippen LogP) is 3.88. The van der Waals surface area contributed by atoms with Gasteiger partial charge in [0.2, 0.25) is 10.0 Å². The van der Waals surface area contributed by atoms with Crippen molar-refractivity contribution in [1.82, 2.24) is 19.2 Å². The average Bonchev–Trinajstić information content (AvgIpc) is 2.96. The van der Waals surface area contributed by atoms with E-state index in [1.165, 1.54) is 5.56 Å². The number of unbranched alkanes of at least 4 members (excludes halogenated alkanes) is 1. The predicted molar refractivity (Wildman–Crippen MR) is 146 cm³/mol. The second kappa shape index (κ2) is 11.4. The molecule has 0 N–H and O–H groups in total. The highest BCUT2D eigenvalue weighted by Crippen LogP contribution is 2.29. The van der Waals surface area contributed by atoms with Gasteiger partial charge >= 0.3 is 0 Å². The number of anilines is 1. The van der Waals surface area contributed by atoms with E-state index in [1.54, 1.807) is 16.4 Å². The zero-order valence-electron chi connectivity index (χ0n) is 21.8. The molecule has 2 aliphatic rings. The van der Waals surface area contributed by atoms with Gasteiger partial charge in [0.15, 0.2) is 0 Å². The van der Waals surface area contributed by atoms with Crippen LogP contribution in [0.15, 0.2) is 53.4 Å². The summed E-state index contributed by atoms with van der Waals surface area (Å²) < 4.78 is 33.7. The van der Waals surface area contributed by atoms with Crippen molar-refractivity contribution in [2.75, 3.05) is 57.4 Å². The third-order valence-corrected chi connectivity index (χ3v) is 9.40. The normalized spacial score (nSPS) is 18.8. The van der Waals surface area contributed by atoms with Gasteiger partial charge in [0.25, 0.3) is 0 Å². The molecule has 0 saturated carbocycles. The number of morpholine rings is 1. The molecule has 0 aliphatic carbocycles. The van der Waals surface area contributed by atoms with Gasteiger partial charge in [-0.15, -0.1) is 0 Å². The smallest absolute Gasteiger partial charge is 0.243 e. The fourth-order valence-electron chi connectivity index (χ4n) is 5.13. The maximum atomic E-state index is 13.3. The van der Waals surface area contributed by atoms with Gasteiger partial charge in [-0.25, -0.2) is 18.4 Å². The maximum absolute atomic E-state index is 13.3. The van der Waals surface area contributed by atoms with Crippen molar-refractivity contribution in [1.29, 1.82) is 0 Å². The van der Waals surface area contributed by atoms with Gasteiger partial charge < -0.3 is 9.64 Å². The number of hydrogen-bond acceptors (Lipinski definition) is 7. The first-order chi connectivity index (χ1) is 18.0. The van der Waals surface area contributed by atoms with Crippen LogP contribution in [0, 0.1) is 0 Å². The Bertz CT molecular complexity index is 1300. The number of benzene rings is 2. The van der Waals surface area contributed by atoms with Gasteiger partial charge in [0.1, 0.15) is 11.6 Å². The van der Waals surface area contributed by atoms with Crippen LogP contribution in [0.1, 0.15) is 44.1 Å². The SMILES string of the molecule is CCCCc1ccc(S(=O)(=O)N2CCN(C(C)c3nc(N4CCOCC4)c4ccccc4n3)CC2)cc1. The van der Waals surface area contributed by atoms with Crippen LogP contribution in [0.4, 0.5) is 5.82 Å². The Balaban J connectivity index is 1.29. The molecule has 9 heteroatoms. The molecule has 2 fully saturated rings. The lowest BCUT2D eigenvalue weighted by Crippen LogP contribution is -2.49. The van der Waals surface area contributed by atoms with Crippen LogP contribution >= 0.6 is 0 Å². The maximum Gasteiger partial charge on any atom is 0.243 e. The molecule has 0 bridgehead atoms. The first kappa shape index (κ1) is 26.0. The number of aryl methyl sites for hydroxylation is 1. The third-order valence-electron chi connectivity index (χ3n) is 7.49. The van der Waals surface area contributed by atoms with Gasteiger partial charge in [0.05, 0.1) is 29.7 Å². The van der Waals surface area contributed by atoms with Crippen molar-refractivity contribution in [3.63, 3.8) is 0 Å². The molecule has 0 amide bonds. The third kappa shape index (κ3) is 5.65. The summed E-state index contributed by atoms with van der Waals surface area (Å²) in [6, 6.07) is 15.5. The average molecular weight is 524 g/mol. The van der Waals surface area contributed by atoms with Gasteiger partial charge in [-0.3, -0.25) is 4.90 Å². The topological polar surface area (TPSA) is 78.9 Å². The minimum absolute atomic E-state index is 0.0212. The monoisotopic (exact) mass is 523 g/mol. The van der Waals surface area contributed by atoms with E-state index in [2.05, 4.69) is 29.7 Å². The molecule has 1 unspecified atom stereocenters. The molecule has 8 nitrogen and oxygen atoms in total. The fraction of sp³-hybridized carbons (Fsp3) is 0.500. The number of aromatic nitrogens is 2. The quantitative estimate of drug-likeness (QED) is 0.443. The minimum Gasteiger partial charge on any atom is -0.378 e. The fourth-order valence-corrected chi connectivity index (χ4v) is 6.56. The number of piperazine rings is 1. The van der Waals surface area contributed by atoms with Gasteiger partial charge in [-0.2, -0.15) is 4.31 Å². The van der Waals surface area contributed by atoms with Crippen molar-refractivity contribution in [2.45, 2.75) is 44.0 Å². The van der Waals surface area contributed by atoms with Crippen LogP contribution in [0.5, 0.6) is 0 Å². The van der Waals surface area contributed by atoms with Crippen molar-refractivity contribution in [3.05, 3.63) is 59.9 Å².